The third-order valence-electron chi connectivity index (χ3n) is 3.95. The van der Waals surface area contributed by atoms with Crippen LogP contribution in [0.15, 0.2) is 48.5 Å². The molecule has 2 N–H and O–H groups in total. The van der Waals surface area contributed by atoms with Crippen molar-refractivity contribution in [3.8, 4) is 0 Å². The first-order valence-electron chi connectivity index (χ1n) is 8.52. The molecule has 24 heavy (non-hydrogen) atoms. The van der Waals surface area contributed by atoms with Gasteiger partial charge in [0.15, 0.2) is 0 Å². The molecule has 0 aliphatic rings. The quantitative estimate of drug-likeness (QED) is 0.773. The van der Waals surface area contributed by atoms with Gasteiger partial charge < -0.3 is 10.6 Å². The van der Waals surface area contributed by atoms with Crippen LogP contribution < -0.4 is 10.6 Å². The summed E-state index contributed by atoms with van der Waals surface area (Å²) in [7, 11) is 0. The Balaban J connectivity index is 1.82. The number of benzene rings is 2. The molecule has 0 heterocycles. The van der Waals surface area contributed by atoms with Crippen LogP contribution in [0.4, 0.5) is 5.69 Å². The number of amides is 1. The Hall–Kier alpha value is -2.13. The van der Waals surface area contributed by atoms with Crippen molar-refractivity contribution in [1.82, 2.24) is 5.32 Å². The van der Waals surface area contributed by atoms with Crippen molar-refractivity contribution >= 4 is 11.6 Å². The minimum atomic E-state index is 0.00723. The van der Waals surface area contributed by atoms with Crippen LogP contribution in [0.25, 0.3) is 0 Å². The van der Waals surface area contributed by atoms with Crippen LogP contribution in [0.3, 0.4) is 0 Å². The number of rotatable bonds is 6. The Bertz CT molecular complexity index is 686. The number of carbonyl (C=O) groups is 1. The van der Waals surface area contributed by atoms with Crippen molar-refractivity contribution in [2.45, 2.75) is 46.1 Å². The summed E-state index contributed by atoms with van der Waals surface area (Å²) in [6.45, 7) is 10.00. The third kappa shape index (κ3) is 5.50. The molecular formula is C21H28N2O. The van der Waals surface area contributed by atoms with Crippen LogP contribution in [0, 0.1) is 6.92 Å². The summed E-state index contributed by atoms with van der Waals surface area (Å²) < 4.78 is 0. The topological polar surface area (TPSA) is 41.1 Å². The van der Waals surface area contributed by atoms with Crippen molar-refractivity contribution in [2.75, 3.05) is 11.9 Å². The maximum atomic E-state index is 12.2. The van der Waals surface area contributed by atoms with E-state index in [1.165, 1.54) is 11.1 Å². The summed E-state index contributed by atoms with van der Waals surface area (Å²) in [6.07, 6.45) is 0.463. The van der Waals surface area contributed by atoms with Gasteiger partial charge in [-0.25, -0.2) is 0 Å². The van der Waals surface area contributed by atoms with Gasteiger partial charge in [-0.3, -0.25) is 4.79 Å². The lowest BCUT2D eigenvalue weighted by Crippen LogP contribution is -2.23. The highest BCUT2D eigenvalue weighted by atomic mass is 16.1. The SMILES string of the molecule is Cc1cccc(CNCCC(=O)Nc2ccccc2C(C)(C)C)c1. The second kappa shape index (κ2) is 8.11. The van der Waals surface area contributed by atoms with Gasteiger partial charge in [0.05, 0.1) is 0 Å². The van der Waals surface area contributed by atoms with Gasteiger partial charge in [0, 0.05) is 25.2 Å². The van der Waals surface area contributed by atoms with Crippen LogP contribution in [0.1, 0.15) is 43.9 Å². The minimum Gasteiger partial charge on any atom is -0.326 e. The van der Waals surface area contributed by atoms with Crippen LogP contribution >= 0.6 is 0 Å². The molecular weight excluding hydrogens is 296 g/mol. The van der Waals surface area contributed by atoms with Gasteiger partial charge in [0.25, 0.3) is 0 Å². The van der Waals surface area contributed by atoms with E-state index in [0.717, 1.165) is 17.8 Å². The number of anilines is 1. The van der Waals surface area contributed by atoms with Crippen molar-refractivity contribution in [3.63, 3.8) is 0 Å². The summed E-state index contributed by atoms with van der Waals surface area (Å²) in [5.74, 6) is 0.0449. The van der Waals surface area contributed by atoms with E-state index in [9.17, 15) is 4.79 Å². The second-order valence-corrected chi connectivity index (χ2v) is 7.26. The largest absolute Gasteiger partial charge is 0.326 e. The molecule has 0 saturated heterocycles. The van der Waals surface area contributed by atoms with Gasteiger partial charge in [0.2, 0.25) is 5.91 Å². The first-order chi connectivity index (χ1) is 11.4. The normalized spacial score (nSPS) is 11.3. The molecule has 0 fully saturated rings. The van der Waals surface area contributed by atoms with Crippen molar-refractivity contribution in [3.05, 3.63) is 65.2 Å². The summed E-state index contributed by atoms with van der Waals surface area (Å²) >= 11 is 0. The van der Waals surface area contributed by atoms with E-state index in [1.807, 2.05) is 18.2 Å². The second-order valence-electron chi connectivity index (χ2n) is 7.26. The van der Waals surface area contributed by atoms with Crippen LogP contribution in [0.2, 0.25) is 0 Å². The molecule has 0 bridgehead atoms. The highest BCUT2D eigenvalue weighted by Gasteiger charge is 2.18. The van der Waals surface area contributed by atoms with Gasteiger partial charge >= 0.3 is 0 Å². The molecule has 128 valence electrons. The molecule has 0 atom stereocenters. The first-order valence-corrected chi connectivity index (χ1v) is 8.52. The average Bonchev–Trinajstić information content (AvgIpc) is 2.51. The molecule has 3 nitrogen and oxygen atoms in total. The molecule has 2 aromatic rings. The summed E-state index contributed by atoms with van der Waals surface area (Å²) in [6, 6.07) is 16.4. The van der Waals surface area contributed by atoms with E-state index in [4.69, 9.17) is 0 Å². The maximum Gasteiger partial charge on any atom is 0.225 e. The Labute approximate surface area is 145 Å². The number of carbonyl (C=O) groups excluding carboxylic acids is 1. The summed E-state index contributed by atoms with van der Waals surface area (Å²) in [5.41, 5.74) is 4.58. The first kappa shape index (κ1) is 18.2. The third-order valence-corrected chi connectivity index (χ3v) is 3.95. The molecule has 0 aliphatic heterocycles. The predicted octanol–water partition coefficient (Wildman–Crippen LogP) is 4.41. The van der Waals surface area contributed by atoms with E-state index in [-0.39, 0.29) is 11.3 Å². The maximum absolute atomic E-state index is 12.2. The van der Waals surface area contributed by atoms with Crippen LogP contribution in [-0.2, 0) is 16.8 Å². The number of para-hydroxylation sites is 1. The molecule has 0 aliphatic carbocycles. The number of hydrogen-bond donors (Lipinski definition) is 2. The lowest BCUT2D eigenvalue weighted by molar-refractivity contribution is -0.116. The van der Waals surface area contributed by atoms with E-state index in [1.54, 1.807) is 0 Å². The predicted molar refractivity (Wildman–Crippen MR) is 101 cm³/mol. The van der Waals surface area contributed by atoms with E-state index in [2.05, 4.69) is 68.7 Å². The molecule has 3 heteroatoms. The zero-order valence-corrected chi connectivity index (χ0v) is 15.1. The fourth-order valence-electron chi connectivity index (χ4n) is 2.72. The molecule has 2 rings (SSSR count). The molecule has 2 aromatic carbocycles. The Morgan fingerprint density at radius 3 is 2.50 bits per heavy atom. The Morgan fingerprint density at radius 1 is 1.04 bits per heavy atom. The van der Waals surface area contributed by atoms with Crippen LogP contribution in [-0.4, -0.2) is 12.5 Å². The van der Waals surface area contributed by atoms with Crippen LogP contribution in [0.5, 0.6) is 0 Å². The molecule has 0 radical (unpaired) electrons. The van der Waals surface area contributed by atoms with Crippen molar-refractivity contribution < 1.29 is 4.79 Å². The molecule has 0 aromatic heterocycles. The Morgan fingerprint density at radius 2 is 1.79 bits per heavy atom. The fraction of sp³-hybridized carbons (Fsp3) is 0.381. The van der Waals surface area contributed by atoms with Gasteiger partial charge in [-0.05, 0) is 29.5 Å². The number of aryl methyl sites for hydroxylation is 1. The lowest BCUT2D eigenvalue weighted by Gasteiger charge is -2.23. The standard InChI is InChI=1S/C21H28N2O/c1-16-8-7-9-17(14-16)15-22-13-12-20(24)23-19-11-6-5-10-18(19)21(2,3)4/h5-11,14,22H,12-13,15H2,1-4H3,(H,23,24). The highest BCUT2D eigenvalue weighted by Crippen LogP contribution is 2.29. The fourth-order valence-corrected chi connectivity index (χ4v) is 2.72. The summed E-state index contributed by atoms with van der Waals surface area (Å²) in [4.78, 5) is 12.2. The van der Waals surface area contributed by atoms with Crippen molar-refractivity contribution in [2.24, 2.45) is 0 Å². The van der Waals surface area contributed by atoms with Gasteiger partial charge in [0.1, 0.15) is 0 Å². The Kier molecular flexibility index (Phi) is 6.16. The molecule has 0 unspecified atom stereocenters. The zero-order chi connectivity index (χ0) is 17.6. The monoisotopic (exact) mass is 324 g/mol. The smallest absolute Gasteiger partial charge is 0.225 e. The van der Waals surface area contributed by atoms with Gasteiger partial charge in [-0.2, -0.15) is 0 Å². The van der Waals surface area contributed by atoms with Crippen molar-refractivity contribution in [1.29, 1.82) is 0 Å². The number of hydrogen-bond acceptors (Lipinski definition) is 2. The summed E-state index contributed by atoms with van der Waals surface area (Å²) in [5, 5.41) is 6.38. The highest BCUT2D eigenvalue weighted by molar-refractivity contribution is 5.91. The molecule has 0 spiro atoms. The van der Waals surface area contributed by atoms with E-state index < -0.39 is 0 Å². The molecule has 0 saturated carbocycles. The zero-order valence-electron chi connectivity index (χ0n) is 15.1. The van der Waals surface area contributed by atoms with E-state index >= 15 is 0 Å². The van der Waals surface area contributed by atoms with E-state index in [0.29, 0.717) is 13.0 Å². The lowest BCUT2D eigenvalue weighted by atomic mass is 9.86. The number of nitrogens with one attached hydrogen (secondary N) is 2. The molecule has 1 amide bonds. The van der Waals surface area contributed by atoms with Gasteiger partial charge in [-0.1, -0.05) is 68.8 Å². The minimum absolute atomic E-state index is 0.00723. The average molecular weight is 324 g/mol. The van der Waals surface area contributed by atoms with Gasteiger partial charge in [-0.15, -0.1) is 0 Å².